The van der Waals surface area contributed by atoms with Crippen LogP contribution in [0.2, 0.25) is 0 Å². The first kappa shape index (κ1) is 14.9. The molecule has 0 heterocycles. The highest BCUT2D eigenvalue weighted by Gasteiger charge is 2.17. The van der Waals surface area contributed by atoms with E-state index < -0.39 is 0 Å². The topological polar surface area (TPSA) is 38.3 Å². The average molecular weight is 275 g/mol. The molecule has 1 fully saturated rings. The maximum Gasteiger partial charge on any atom is 0.220 e. The highest BCUT2D eigenvalue weighted by molar-refractivity contribution is 5.76. The molecule has 1 aliphatic rings. The fourth-order valence-electron chi connectivity index (χ4n) is 2.94. The number of ether oxygens (including phenoxy) is 1. The van der Waals surface area contributed by atoms with Crippen molar-refractivity contribution in [2.24, 2.45) is 5.92 Å². The van der Waals surface area contributed by atoms with Crippen LogP contribution in [-0.2, 0) is 4.79 Å². The van der Waals surface area contributed by atoms with E-state index in [1.165, 1.54) is 25.7 Å². The quantitative estimate of drug-likeness (QED) is 0.856. The summed E-state index contributed by atoms with van der Waals surface area (Å²) in [5.41, 5.74) is 1.08. The summed E-state index contributed by atoms with van der Waals surface area (Å²) >= 11 is 0. The second-order valence-electron chi connectivity index (χ2n) is 5.75. The number of nitrogens with one attached hydrogen (secondary N) is 1. The molecule has 0 bridgehead atoms. The predicted octanol–water partition coefficient (Wildman–Crippen LogP) is 3.84. The van der Waals surface area contributed by atoms with Crippen LogP contribution in [0.4, 0.5) is 0 Å². The molecule has 2 rings (SSSR count). The molecule has 0 unspecified atom stereocenters. The second kappa shape index (κ2) is 7.32. The molecule has 0 saturated heterocycles. The number of carbonyl (C=O) groups excluding carboxylic acids is 1. The Hall–Kier alpha value is -1.51. The van der Waals surface area contributed by atoms with Crippen LogP contribution in [0.1, 0.15) is 57.1 Å². The minimum atomic E-state index is 0.0289. The highest BCUT2D eigenvalue weighted by atomic mass is 16.5. The van der Waals surface area contributed by atoms with E-state index in [1.807, 2.05) is 31.2 Å². The largest absolute Gasteiger partial charge is 0.497 e. The number of amides is 1. The third-order valence-electron chi connectivity index (χ3n) is 4.23. The van der Waals surface area contributed by atoms with E-state index in [2.05, 4.69) is 5.32 Å². The zero-order chi connectivity index (χ0) is 14.4. The van der Waals surface area contributed by atoms with E-state index in [4.69, 9.17) is 4.74 Å². The van der Waals surface area contributed by atoms with Crippen molar-refractivity contribution in [3.63, 3.8) is 0 Å². The lowest BCUT2D eigenvalue weighted by Gasteiger charge is -2.16. The standard InChI is InChI=1S/C17H25NO2/c1-13(15-8-5-9-16(12-15)20-2)18-17(19)11-10-14-6-3-4-7-14/h5,8-9,12-14H,3-4,6-7,10-11H2,1-2H3,(H,18,19)/t13-/m0/s1. The summed E-state index contributed by atoms with van der Waals surface area (Å²) in [7, 11) is 1.66. The molecule has 1 N–H and O–H groups in total. The SMILES string of the molecule is COc1cccc([C@H](C)NC(=O)CCC2CCCC2)c1. The van der Waals surface area contributed by atoms with E-state index in [9.17, 15) is 4.79 Å². The lowest BCUT2D eigenvalue weighted by atomic mass is 10.0. The lowest BCUT2D eigenvalue weighted by molar-refractivity contribution is -0.122. The molecular weight excluding hydrogens is 250 g/mol. The summed E-state index contributed by atoms with van der Waals surface area (Å²) in [5.74, 6) is 1.76. The van der Waals surface area contributed by atoms with Crippen LogP contribution in [0.15, 0.2) is 24.3 Å². The van der Waals surface area contributed by atoms with E-state index in [1.54, 1.807) is 7.11 Å². The van der Waals surface area contributed by atoms with Gasteiger partial charge in [0.1, 0.15) is 5.75 Å². The smallest absolute Gasteiger partial charge is 0.220 e. The lowest BCUT2D eigenvalue weighted by Crippen LogP contribution is -2.26. The Kier molecular flexibility index (Phi) is 5.45. The van der Waals surface area contributed by atoms with E-state index in [0.29, 0.717) is 6.42 Å². The van der Waals surface area contributed by atoms with Crippen molar-refractivity contribution in [3.8, 4) is 5.75 Å². The Morgan fingerprint density at radius 1 is 1.40 bits per heavy atom. The van der Waals surface area contributed by atoms with Gasteiger partial charge in [0, 0.05) is 6.42 Å². The molecule has 110 valence electrons. The Balaban J connectivity index is 1.80. The van der Waals surface area contributed by atoms with Gasteiger partial charge in [0.15, 0.2) is 0 Å². The van der Waals surface area contributed by atoms with Crippen LogP contribution >= 0.6 is 0 Å². The zero-order valence-corrected chi connectivity index (χ0v) is 12.5. The molecule has 1 aromatic rings. The minimum absolute atomic E-state index is 0.0289. The maximum absolute atomic E-state index is 12.0. The number of carbonyl (C=O) groups is 1. The van der Waals surface area contributed by atoms with Gasteiger partial charge in [0.2, 0.25) is 5.91 Å². The van der Waals surface area contributed by atoms with Crippen LogP contribution in [0, 0.1) is 5.92 Å². The third-order valence-corrected chi connectivity index (χ3v) is 4.23. The van der Waals surface area contributed by atoms with Crippen molar-refractivity contribution < 1.29 is 9.53 Å². The summed E-state index contributed by atoms with van der Waals surface area (Å²) < 4.78 is 5.21. The highest BCUT2D eigenvalue weighted by Crippen LogP contribution is 2.28. The second-order valence-corrected chi connectivity index (χ2v) is 5.75. The van der Waals surface area contributed by atoms with Crippen molar-refractivity contribution in [1.29, 1.82) is 0 Å². The minimum Gasteiger partial charge on any atom is -0.497 e. The first-order chi connectivity index (χ1) is 9.69. The Labute approximate surface area is 121 Å². The Bertz CT molecular complexity index is 438. The molecule has 0 spiro atoms. The summed E-state index contributed by atoms with van der Waals surface area (Å²) in [6, 6.07) is 7.89. The third kappa shape index (κ3) is 4.26. The van der Waals surface area contributed by atoms with Gasteiger partial charge in [-0.1, -0.05) is 37.8 Å². The van der Waals surface area contributed by atoms with Crippen molar-refractivity contribution in [1.82, 2.24) is 5.32 Å². The van der Waals surface area contributed by atoms with E-state index in [-0.39, 0.29) is 11.9 Å². The predicted molar refractivity (Wildman–Crippen MR) is 80.7 cm³/mol. The molecule has 0 aromatic heterocycles. The monoisotopic (exact) mass is 275 g/mol. The van der Waals surface area contributed by atoms with E-state index in [0.717, 1.165) is 23.7 Å². The van der Waals surface area contributed by atoms with Gasteiger partial charge in [-0.15, -0.1) is 0 Å². The Morgan fingerprint density at radius 2 is 2.15 bits per heavy atom. The number of hydrogen-bond acceptors (Lipinski definition) is 2. The van der Waals surface area contributed by atoms with Crippen molar-refractivity contribution in [2.45, 2.75) is 51.5 Å². The summed E-state index contributed by atoms with van der Waals surface area (Å²) in [5, 5.41) is 3.08. The van der Waals surface area contributed by atoms with Crippen LogP contribution in [0.5, 0.6) is 5.75 Å². The van der Waals surface area contributed by atoms with Crippen molar-refractivity contribution in [2.75, 3.05) is 7.11 Å². The van der Waals surface area contributed by atoms with Gasteiger partial charge in [-0.3, -0.25) is 4.79 Å². The zero-order valence-electron chi connectivity index (χ0n) is 12.5. The molecular formula is C17H25NO2. The molecule has 3 heteroatoms. The molecule has 3 nitrogen and oxygen atoms in total. The van der Waals surface area contributed by atoms with Gasteiger partial charge in [-0.05, 0) is 37.0 Å². The first-order valence-electron chi connectivity index (χ1n) is 7.62. The Morgan fingerprint density at radius 3 is 2.85 bits per heavy atom. The van der Waals surface area contributed by atoms with Gasteiger partial charge in [-0.25, -0.2) is 0 Å². The normalized spacial score (nSPS) is 16.9. The van der Waals surface area contributed by atoms with Gasteiger partial charge in [0.05, 0.1) is 13.2 Å². The molecule has 20 heavy (non-hydrogen) atoms. The van der Waals surface area contributed by atoms with Gasteiger partial charge >= 0.3 is 0 Å². The van der Waals surface area contributed by atoms with Crippen LogP contribution in [-0.4, -0.2) is 13.0 Å². The van der Waals surface area contributed by atoms with Crippen LogP contribution in [0.3, 0.4) is 0 Å². The number of benzene rings is 1. The van der Waals surface area contributed by atoms with Gasteiger partial charge < -0.3 is 10.1 Å². The van der Waals surface area contributed by atoms with Crippen molar-refractivity contribution in [3.05, 3.63) is 29.8 Å². The molecule has 1 atom stereocenters. The van der Waals surface area contributed by atoms with Gasteiger partial charge in [-0.2, -0.15) is 0 Å². The van der Waals surface area contributed by atoms with Gasteiger partial charge in [0.25, 0.3) is 0 Å². The van der Waals surface area contributed by atoms with Crippen molar-refractivity contribution >= 4 is 5.91 Å². The maximum atomic E-state index is 12.0. The van der Waals surface area contributed by atoms with Crippen LogP contribution in [0.25, 0.3) is 0 Å². The summed E-state index contributed by atoms with van der Waals surface area (Å²) in [4.78, 5) is 12.0. The van der Waals surface area contributed by atoms with Crippen LogP contribution < -0.4 is 10.1 Å². The first-order valence-corrected chi connectivity index (χ1v) is 7.62. The summed E-state index contributed by atoms with van der Waals surface area (Å²) in [6.45, 7) is 2.02. The molecule has 1 saturated carbocycles. The summed E-state index contributed by atoms with van der Waals surface area (Å²) in [6.07, 6.45) is 6.98. The number of rotatable bonds is 6. The molecule has 1 aliphatic carbocycles. The molecule has 1 amide bonds. The number of methoxy groups -OCH3 is 1. The average Bonchev–Trinajstić information content (AvgIpc) is 2.98. The fourth-order valence-corrected chi connectivity index (χ4v) is 2.94. The van der Waals surface area contributed by atoms with E-state index >= 15 is 0 Å². The number of hydrogen-bond donors (Lipinski definition) is 1. The molecule has 0 radical (unpaired) electrons. The fraction of sp³-hybridized carbons (Fsp3) is 0.588. The molecule has 1 aromatic carbocycles. The molecule has 0 aliphatic heterocycles.